The maximum Gasteiger partial charge on any atom is 0.558 e. The van der Waals surface area contributed by atoms with Crippen LogP contribution >= 0.6 is 8.03 Å². The Kier molecular flexibility index (Phi) is 6.97. The molecule has 0 fully saturated rings. The van der Waals surface area contributed by atoms with Gasteiger partial charge in [-0.3, -0.25) is 0 Å². The monoisotopic (exact) mass is 191 g/mol. The Balaban J connectivity index is 3.40. The van der Waals surface area contributed by atoms with E-state index in [4.69, 9.17) is 0 Å². The van der Waals surface area contributed by atoms with Crippen molar-refractivity contribution in [2.75, 3.05) is 6.16 Å². The van der Waals surface area contributed by atoms with E-state index in [1.54, 1.807) is 6.92 Å². The Morgan fingerprint density at radius 1 is 1.33 bits per heavy atom. The van der Waals surface area contributed by atoms with Gasteiger partial charge in [-0.25, -0.2) is 9.32 Å². The molecule has 0 bridgehead atoms. The first-order chi connectivity index (χ1) is 5.70. The molecular formula is C8H16O3P+. The van der Waals surface area contributed by atoms with Crippen LogP contribution in [0.3, 0.4) is 0 Å². The average Bonchev–Trinajstić information content (AvgIpc) is 2.05. The zero-order valence-corrected chi connectivity index (χ0v) is 8.60. The summed E-state index contributed by atoms with van der Waals surface area (Å²) in [5, 5.41) is 0. The van der Waals surface area contributed by atoms with E-state index in [2.05, 4.69) is 11.4 Å². The Bertz CT molecular complexity index is 156. The predicted octanol–water partition coefficient (Wildman–Crippen LogP) is 2.87. The molecule has 0 N–H and O–H groups in total. The first-order valence-corrected chi connectivity index (χ1v) is 5.72. The Hall–Kier alpha value is -0.430. The molecule has 0 rings (SSSR count). The van der Waals surface area contributed by atoms with Crippen LogP contribution in [0.1, 0.15) is 39.5 Å². The summed E-state index contributed by atoms with van der Waals surface area (Å²) < 4.78 is 15.6. The summed E-state index contributed by atoms with van der Waals surface area (Å²) >= 11 is 0. The van der Waals surface area contributed by atoms with Crippen molar-refractivity contribution in [2.45, 2.75) is 39.5 Å². The molecule has 0 aromatic heterocycles. The predicted molar refractivity (Wildman–Crippen MR) is 48.4 cm³/mol. The Labute approximate surface area is 74.4 Å². The maximum absolute atomic E-state index is 11.0. The van der Waals surface area contributed by atoms with Gasteiger partial charge in [0.2, 0.25) is 0 Å². The fourth-order valence-electron chi connectivity index (χ4n) is 0.715. The van der Waals surface area contributed by atoms with Crippen molar-refractivity contribution >= 4 is 14.0 Å². The van der Waals surface area contributed by atoms with Gasteiger partial charge < -0.3 is 0 Å². The molecule has 0 spiro atoms. The third kappa shape index (κ3) is 6.29. The molecule has 0 aliphatic carbocycles. The third-order valence-corrected chi connectivity index (χ3v) is 2.53. The van der Waals surface area contributed by atoms with Gasteiger partial charge in [-0.15, -0.1) is 0 Å². The van der Waals surface area contributed by atoms with Gasteiger partial charge >= 0.3 is 14.0 Å². The van der Waals surface area contributed by atoms with E-state index >= 15 is 0 Å². The molecule has 0 amide bonds. The SMILES string of the molecule is CCCCC[P+](=O)OC(=O)CC. The summed E-state index contributed by atoms with van der Waals surface area (Å²) in [4.78, 5) is 10.6. The van der Waals surface area contributed by atoms with E-state index in [9.17, 15) is 9.36 Å². The molecule has 3 nitrogen and oxygen atoms in total. The van der Waals surface area contributed by atoms with Crippen molar-refractivity contribution in [2.24, 2.45) is 0 Å². The van der Waals surface area contributed by atoms with Gasteiger partial charge in [-0.1, -0.05) is 20.3 Å². The second kappa shape index (κ2) is 7.23. The molecule has 0 aliphatic heterocycles. The van der Waals surface area contributed by atoms with Crippen molar-refractivity contribution in [1.82, 2.24) is 0 Å². The van der Waals surface area contributed by atoms with Crippen LogP contribution in [0.5, 0.6) is 0 Å². The topological polar surface area (TPSA) is 43.4 Å². The summed E-state index contributed by atoms with van der Waals surface area (Å²) in [6, 6.07) is 0. The van der Waals surface area contributed by atoms with Gasteiger partial charge in [0, 0.05) is 6.42 Å². The second-order valence-electron chi connectivity index (χ2n) is 2.58. The summed E-state index contributed by atoms with van der Waals surface area (Å²) in [6.07, 6.45) is 3.82. The molecular weight excluding hydrogens is 175 g/mol. The number of unbranched alkanes of at least 4 members (excludes halogenated alkanes) is 2. The Morgan fingerprint density at radius 3 is 2.50 bits per heavy atom. The molecule has 0 saturated carbocycles. The number of rotatable bonds is 6. The number of carbonyl (C=O) groups excluding carboxylic acids is 1. The standard InChI is InChI=1S/C8H16O3P/c1-3-5-6-7-12(10)11-8(9)4-2/h3-7H2,1-2H3/q+1. The zero-order chi connectivity index (χ0) is 9.40. The van der Waals surface area contributed by atoms with Crippen LogP contribution < -0.4 is 0 Å². The molecule has 0 saturated heterocycles. The van der Waals surface area contributed by atoms with Gasteiger partial charge in [0.25, 0.3) is 0 Å². The highest BCUT2D eigenvalue weighted by atomic mass is 31.1. The van der Waals surface area contributed by atoms with Crippen LogP contribution in [0.25, 0.3) is 0 Å². The van der Waals surface area contributed by atoms with Crippen LogP contribution in [-0.4, -0.2) is 12.1 Å². The first kappa shape index (κ1) is 11.6. The average molecular weight is 191 g/mol. The molecule has 0 radical (unpaired) electrons. The van der Waals surface area contributed by atoms with Gasteiger partial charge in [-0.05, 0) is 17.4 Å². The quantitative estimate of drug-likeness (QED) is 0.479. The smallest absolute Gasteiger partial charge is 0.247 e. The largest absolute Gasteiger partial charge is 0.558 e. The highest BCUT2D eigenvalue weighted by molar-refractivity contribution is 7.39. The first-order valence-electron chi connectivity index (χ1n) is 4.36. The van der Waals surface area contributed by atoms with Gasteiger partial charge in [0.15, 0.2) is 6.16 Å². The number of hydrogen-bond acceptors (Lipinski definition) is 3. The number of hydrogen-bond donors (Lipinski definition) is 0. The van der Waals surface area contributed by atoms with E-state index in [1.807, 2.05) is 0 Å². The van der Waals surface area contributed by atoms with E-state index in [-0.39, 0.29) is 5.97 Å². The van der Waals surface area contributed by atoms with Crippen molar-refractivity contribution in [3.05, 3.63) is 0 Å². The van der Waals surface area contributed by atoms with Crippen LogP contribution in [0, 0.1) is 0 Å². The van der Waals surface area contributed by atoms with Crippen molar-refractivity contribution in [3.8, 4) is 0 Å². The van der Waals surface area contributed by atoms with Gasteiger partial charge in [0.1, 0.15) is 0 Å². The summed E-state index contributed by atoms with van der Waals surface area (Å²) in [5.41, 5.74) is 0. The highest BCUT2D eigenvalue weighted by Crippen LogP contribution is 2.24. The normalized spacial score (nSPS) is 11.0. The van der Waals surface area contributed by atoms with Crippen molar-refractivity contribution in [3.63, 3.8) is 0 Å². The van der Waals surface area contributed by atoms with Crippen molar-refractivity contribution < 1.29 is 13.9 Å². The lowest BCUT2D eigenvalue weighted by Gasteiger charge is -1.88. The van der Waals surface area contributed by atoms with Crippen LogP contribution in [0.4, 0.5) is 0 Å². The summed E-state index contributed by atoms with van der Waals surface area (Å²) in [5.74, 6) is -0.368. The molecule has 4 heteroatoms. The van der Waals surface area contributed by atoms with E-state index in [0.29, 0.717) is 12.6 Å². The summed E-state index contributed by atoms with van der Waals surface area (Å²) in [7, 11) is -1.74. The molecule has 0 aromatic carbocycles. The maximum atomic E-state index is 11.0. The van der Waals surface area contributed by atoms with Crippen LogP contribution in [0.15, 0.2) is 0 Å². The molecule has 0 heterocycles. The van der Waals surface area contributed by atoms with Crippen LogP contribution in [0.2, 0.25) is 0 Å². The minimum atomic E-state index is -1.74. The number of carbonyl (C=O) groups is 1. The van der Waals surface area contributed by atoms with Crippen molar-refractivity contribution in [1.29, 1.82) is 0 Å². The lowest BCUT2D eigenvalue weighted by atomic mass is 10.3. The molecule has 12 heavy (non-hydrogen) atoms. The molecule has 0 aromatic rings. The third-order valence-electron chi connectivity index (χ3n) is 1.44. The van der Waals surface area contributed by atoms with Crippen LogP contribution in [-0.2, 0) is 13.9 Å². The fraction of sp³-hybridized carbons (Fsp3) is 0.875. The minimum Gasteiger partial charge on any atom is -0.247 e. The second-order valence-corrected chi connectivity index (χ2v) is 3.88. The van der Waals surface area contributed by atoms with Gasteiger partial charge in [0.05, 0.1) is 0 Å². The lowest BCUT2D eigenvalue weighted by molar-refractivity contribution is -0.133. The molecule has 0 aliphatic rings. The van der Waals surface area contributed by atoms with E-state index < -0.39 is 8.03 Å². The fourth-order valence-corrected chi connectivity index (χ4v) is 1.64. The molecule has 1 atom stereocenters. The van der Waals surface area contributed by atoms with E-state index in [0.717, 1.165) is 19.3 Å². The summed E-state index contributed by atoms with van der Waals surface area (Å²) in [6.45, 7) is 3.77. The minimum absolute atomic E-state index is 0.300. The highest BCUT2D eigenvalue weighted by Gasteiger charge is 2.20. The zero-order valence-electron chi connectivity index (χ0n) is 7.71. The Morgan fingerprint density at radius 2 is 2.00 bits per heavy atom. The molecule has 70 valence electrons. The molecule has 1 unspecified atom stereocenters. The van der Waals surface area contributed by atoms with E-state index in [1.165, 1.54) is 0 Å². The van der Waals surface area contributed by atoms with Gasteiger partial charge in [-0.2, -0.15) is 0 Å². The lowest BCUT2D eigenvalue weighted by Crippen LogP contribution is -1.96.